The van der Waals surface area contributed by atoms with Crippen molar-refractivity contribution in [2.45, 2.75) is 19.8 Å². The lowest BCUT2D eigenvalue weighted by Gasteiger charge is -2.07. The molecule has 1 heterocycles. The first-order chi connectivity index (χ1) is 9.29. The summed E-state index contributed by atoms with van der Waals surface area (Å²) in [5.41, 5.74) is 3.09. The largest absolute Gasteiger partial charge is 0.385 e. The molecule has 0 aliphatic carbocycles. The van der Waals surface area contributed by atoms with Crippen LogP contribution in [0.4, 0.5) is 5.69 Å². The first kappa shape index (κ1) is 13.3. The molecule has 3 heteroatoms. The third-order valence-corrected chi connectivity index (χ3v) is 3.02. The molecule has 0 aliphatic rings. The van der Waals surface area contributed by atoms with Gasteiger partial charge in [0.05, 0.1) is 0 Å². The van der Waals surface area contributed by atoms with Crippen LogP contribution in [0.15, 0.2) is 48.8 Å². The Bertz CT molecular complexity index is 520. The number of hydrogen-bond acceptors (Lipinski definition) is 3. The summed E-state index contributed by atoms with van der Waals surface area (Å²) >= 11 is 0. The van der Waals surface area contributed by atoms with Gasteiger partial charge in [0.25, 0.3) is 0 Å². The SMILES string of the molecule is CCC(=O)c1ccc(NCCc2ccncc2)cc1. The molecule has 2 rings (SSSR count). The fourth-order valence-corrected chi connectivity index (χ4v) is 1.88. The molecule has 0 spiro atoms. The number of nitrogens with one attached hydrogen (secondary N) is 1. The topological polar surface area (TPSA) is 42.0 Å². The highest BCUT2D eigenvalue weighted by Crippen LogP contribution is 2.11. The number of carbonyl (C=O) groups excluding carboxylic acids is 1. The predicted octanol–water partition coefficient (Wildman–Crippen LogP) is 3.33. The Hall–Kier alpha value is -2.16. The lowest BCUT2D eigenvalue weighted by Crippen LogP contribution is -2.05. The van der Waals surface area contributed by atoms with E-state index in [2.05, 4.69) is 10.3 Å². The Morgan fingerprint density at radius 1 is 1.11 bits per heavy atom. The van der Waals surface area contributed by atoms with E-state index >= 15 is 0 Å². The van der Waals surface area contributed by atoms with Crippen molar-refractivity contribution in [2.75, 3.05) is 11.9 Å². The smallest absolute Gasteiger partial charge is 0.162 e. The van der Waals surface area contributed by atoms with Gasteiger partial charge in [0.2, 0.25) is 0 Å². The van der Waals surface area contributed by atoms with Crippen LogP contribution in [0.25, 0.3) is 0 Å². The number of nitrogens with zero attached hydrogens (tertiary/aromatic N) is 1. The number of rotatable bonds is 6. The maximum atomic E-state index is 11.5. The summed E-state index contributed by atoms with van der Waals surface area (Å²) in [6.07, 6.45) is 5.12. The first-order valence-electron chi connectivity index (χ1n) is 6.55. The molecule has 0 fully saturated rings. The molecule has 1 aromatic carbocycles. The number of Topliss-reactive ketones (excluding diaryl/α,β-unsaturated/α-hetero) is 1. The number of carbonyl (C=O) groups is 1. The molecular weight excluding hydrogens is 236 g/mol. The van der Waals surface area contributed by atoms with E-state index < -0.39 is 0 Å². The Balaban J connectivity index is 1.85. The summed E-state index contributed by atoms with van der Waals surface area (Å²) in [6, 6.07) is 11.7. The van der Waals surface area contributed by atoms with Crippen LogP contribution in [0.3, 0.4) is 0 Å². The molecule has 0 unspecified atom stereocenters. The molecule has 0 atom stereocenters. The zero-order valence-corrected chi connectivity index (χ0v) is 11.1. The van der Waals surface area contributed by atoms with Gasteiger partial charge in [-0.1, -0.05) is 6.92 Å². The van der Waals surface area contributed by atoms with E-state index in [4.69, 9.17) is 0 Å². The van der Waals surface area contributed by atoms with Crippen molar-refractivity contribution in [1.82, 2.24) is 4.98 Å². The van der Waals surface area contributed by atoms with Crippen LogP contribution in [-0.4, -0.2) is 17.3 Å². The molecule has 0 amide bonds. The maximum Gasteiger partial charge on any atom is 0.162 e. The van der Waals surface area contributed by atoms with Gasteiger partial charge < -0.3 is 5.32 Å². The highest BCUT2D eigenvalue weighted by Gasteiger charge is 2.01. The first-order valence-corrected chi connectivity index (χ1v) is 6.55. The zero-order chi connectivity index (χ0) is 13.5. The van der Waals surface area contributed by atoms with Crippen LogP contribution < -0.4 is 5.32 Å². The number of benzene rings is 1. The molecule has 0 saturated carbocycles. The second-order valence-electron chi connectivity index (χ2n) is 4.39. The summed E-state index contributed by atoms with van der Waals surface area (Å²) in [7, 11) is 0. The molecule has 2 aromatic rings. The Morgan fingerprint density at radius 2 is 1.79 bits per heavy atom. The van der Waals surface area contributed by atoms with Crippen LogP contribution in [0.5, 0.6) is 0 Å². The minimum Gasteiger partial charge on any atom is -0.385 e. The Labute approximate surface area is 113 Å². The third-order valence-electron chi connectivity index (χ3n) is 3.02. The van der Waals surface area contributed by atoms with Crippen molar-refractivity contribution < 1.29 is 4.79 Å². The van der Waals surface area contributed by atoms with Gasteiger partial charge in [0.1, 0.15) is 0 Å². The van der Waals surface area contributed by atoms with Gasteiger partial charge >= 0.3 is 0 Å². The van der Waals surface area contributed by atoms with Gasteiger partial charge in [-0.05, 0) is 48.4 Å². The number of pyridine rings is 1. The highest BCUT2D eigenvalue weighted by atomic mass is 16.1. The van der Waals surface area contributed by atoms with Crippen molar-refractivity contribution in [3.05, 3.63) is 59.9 Å². The number of ketones is 1. The standard InChI is InChI=1S/C16H18N2O/c1-2-16(19)14-3-5-15(6-4-14)18-12-9-13-7-10-17-11-8-13/h3-8,10-11,18H,2,9,12H2,1H3. The number of hydrogen-bond donors (Lipinski definition) is 1. The molecule has 0 aliphatic heterocycles. The van der Waals surface area contributed by atoms with Gasteiger partial charge in [-0.15, -0.1) is 0 Å². The normalized spacial score (nSPS) is 10.2. The zero-order valence-electron chi connectivity index (χ0n) is 11.1. The maximum absolute atomic E-state index is 11.5. The van der Waals surface area contributed by atoms with Gasteiger partial charge in [-0.3, -0.25) is 9.78 Å². The summed E-state index contributed by atoms with van der Waals surface area (Å²) in [5, 5.41) is 3.35. The molecule has 1 aromatic heterocycles. The van der Waals surface area contributed by atoms with Crippen LogP contribution in [0, 0.1) is 0 Å². The Kier molecular flexibility index (Phi) is 4.67. The van der Waals surface area contributed by atoms with E-state index in [0.29, 0.717) is 6.42 Å². The van der Waals surface area contributed by atoms with E-state index in [1.165, 1.54) is 5.56 Å². The minimum atomic E-state index is 0.184. The summed E-state index contributed by atoms with van der Waals surface area (Å²) < 4.78 is 0. The van der Waals surface area contributed by atoms with Crippen molar-refractivity contribution in [1.29, 1.82) is 0 Å². The molecule has 98 valence electrons. The number of anilines is 1. The summed E-state index contributed by atoms with van der Waals surface area (Å²) in [4.78, 5) is 15.5. The van der Waals surface area contributed by atoms with Crippen LogP contribution >= 0.6 is 0 Å². The van der Waals surface area contributed by atoms with E-state index in [1.54, 1.807) is 12.4 Å². The predicted molar refractivity (Wildman–Crippen MR) is 77.5 cm³/mol. The average Bonchev–Trinajstić information content (AvgIpc) is 2.48. The second-order valence-corrected chi connectivity index (χ2v) is 4.39. The fourth-order valence-electron chi connectivity index (χ4n) is 1.88. The van der Waals surface area contributed by atoms with Crippen molar-refractivity contribution in [3.8, 4) is 0 Å². The Morgan fingerprint density at radius 3 is 2.42 bits per heavy atom. The van der Waals surface area contributed by atoms with Gasteiger partial charge in [0.15, 0.2) is 5.78 Å². The lowest BCUT2D eigenvalue weighted by molar-refractivity contribution is 0.0988. The highest BCUT2D eigenvalue weighted by molar-refractivity contribution is 5.96. The van der Waals surface area contributed by atoms with Crippen molar-refractivity contribution in [2.24, 2.45) is 0 Å². The second kappa shape index (κ2) is 6.69. The van der Waals surface area contributed by atoms with Gasteiger partial charge in [0, 0.05) is 36.6 Å². The molecule has 1 N–H and O–H groups in total. The van der Waals surface area contributed by atoms with Crippen LogP contribution in [-0.2, 0) is 6.42 Å². The molecule has 0 bridgehead atoms. The minimum absolute atomic E-state index is 0.184. The molecule has 0 radical (unpaired) electrons. The molecule has 0 saturated heterocycles. The third kappa shape index (κ3) is 3.91. The monoisotopic (exact) mass is 254 g/mol. The van der Waals surface area contributed by atoms with Crippen molar-refractivity contribution >= 4 is 11.5 Å². The lowest BCUT2D eigenvalue weighted by atomic mass is 10.1. The molecule has 19 heavy (non-hydrogen) atoms. The average molecular weight is 254 g/mol. The van der Waals surface area contributed by atoms with Crippen LogP contribution in [0.2, 0.25) is 0 Å². The van der Waals surface area contributed by atoms with E-state index in [0.717, 1.165) is 24.2 Å². The van der Waals surface area contributed by atoms with E-state index in [-0.39, 0.29) is 5.78 Å². The van der Waals surface area contributed by atoms with Crippen LogP contribution in [0.1, 0.15) is 29.3 Å². The van der Waals surface area contributed by atoms with Gasteiger partial charge in [-0.2, -0.15) is 0 Å². The van der Waals surface area contributed by atoms with Crippen molar-refractivity contribution in [3.63, 3.8) is 0 Å². The fraction of sp³-hybridized carbons (Fsp3) is 0.250. The summed E-state index contributed by atoms with van der Waals surface area (Å²) in [6.45, 7) is 2.74. The molecular formula is C16H18N2O. The van der Waals surface area contributed by atoms with Gasteiger partial charge in [-0.25, -0.2) is 0 Å². The summed E-state index contributed by atoms with van der Waals surface area (Å²) in [5.74, 6) is 0.184. The quantitative estimate of drug-likeness (QED) is 0.804. The molecule has 3 nitrogen and oxygen atoms in total. The number of aromatic nitrogens is 1. The van der Waals surface area contributed by atoms with E-state index in [1.807, 2.05) is 43.3 Å². The van der Waals surface area contributed by atoms with E-state index in [9.17, 15) is 4.79 Å².